The second-order valence-corrected chi connectivity index (χ2v) is 7.70. The van der Waals surface area contributed by atoms with E-state index in [-0.39, 0.29) is 18.6 Å². The highest BCUT2D eigenvalue weighted by molar-refractivity contribution is 7.10. The van der Waals surface area contributed by atoms with Crippen molar-refractivity contribution >= 4 is 23.2 Å². The SMILES string of the molecule is COc1ccc(OC)c([C@H](C)NC(=O)COC(=O)c2csc3c2CCCC3)c1. The van der Waals surface area contributed by atoms with Crippen LogP contribution in [0.2, 0.25) is 0 Å². The van der Waals surface area contributed by atoms with E-state index in [9.17, 15) is 9.59 Å². The molecule has 1 aromatic carbocycles. The van der Waals surface area contributed by atoms with E-state index in [0.717, 1.165) is 36.8 Å². The molecule has 0 radical (unpaired) electrons. The molecule has 1 amide bonds. The summed E-state index contributed by atoms with van der Waals surface area (Å²) in [5.74, 6) is 0.525. The Morgan fingerprint density at radius 1 is 1.18 bits per heavy atom. The summed E-state index contributed by atoms with van der Waals surface area (Å²) in [6, 6.07) is 5.06. The topological polar surface area (TPSA) is 73.9 Å². The second kappa shape index (κ2) is 9.10. The van der Waals surface area contributed by atoms with E-state index in [2.05, 4.69) is 5.32 Å². The van der Waals surface area contributed by atoms with Crippen molar-refractivity contribution < 1.29 is 23.8 Å². The average molecular weight is 404 g/mol. The third-order valence-electron chi connectivity index (χ3n) is 4.90. The molecular formula is C21H25NO5S. The number of rotatable bonds is 7. The molecule has 0 bridgehead atoms. The zero-order chi connectivity index (χ0) is 20.1. The lowest BCUT2D eigenvalue weighted by Gasteiger charge is -2.18. The molecule has 150 valence electrons. The van der Waals surface area contributed by atoms with Gasteiger partial charge in [-0.3, -0.25) is 4.79 Å². The minimum atomic E-state index is -0.429. The minimum absolute atomic E-state index is 0.319. The average Bonchev–Trinajstić information content (AvgIpc) is 3.15. The first-order valence-corrected chi connectivity index (χ1v) is 10.2. The van der Waals surface area contributed by atoms with Crippen molar-refractivity contribution in [2.24, 2.45) is 0 Å². The maximum Gasteiger partial charge on any atom is 0.339 e. The van der Waals surface area contributed by atoms with Crippen LogP contribution in [0.5, 0.6) is 11.5 Å². The highest BCUT2D eigenvalue weighted by atomic mass is 32.1. The van der Waals surface area contributed by atoms with E-state index in [1.807, 2.05) is 18.4 Å². The van der Waals surface area contributed by atoms with Crippen LogP contribution in [0.1, 0.15) is 52.2 Å². The molecule has 7 heteroatoms. The summed E-state index contributed by atoms with van der Waals surface area (Å²) < 4.78 is 15.8. The Labute approximate surface area is 168 Å². The molecule has 6 nitrogen and oxygen atoms in total. The molecule has 2 aromatic rings. The van der Waals surface area contributed by atoms with Crippen molar-refractivity contribution in [2.45, 2.75) is 38.6 Å². The number of nitrogens with one attached hydrogen (secondary N) is 1. The van der Waals surface area contributed by atoms with Crippen molar-refractivity contribution in [1.82, 2.24) is 5.32 Å². The third-order valence-corrected chi connectivity index (χ3v) is 5.99. The zero-order valence-electron chi connectivity index (χ0n) is 16.4. The van der Waals surface area contributed by atoms with Crippen LogP contribution in [-0.2, 0) is 22.4 Å². The van der Waals surface area contributed by atoms with Crippen LogP contribution in [0.3, 0.4) is 0 Å². The number of hydrogen-bond acceptors (Lipinski definition) is 6. The normalized spacial score (nSPS) is 14.0. The predicted molar refractivity (Wildman–Crippen MR) is 107 cm³/mol. The molecule has 1 atom stereocenters. The van der Waals surface area contributed by atoms with Gasteiger partial charge in [-0.1, -0.05) is 0 Å². The summed E-state index contributed by atoms with van der Waals surface area (Å²) in [6.45, 7) is 1.52. The number of carbonyl (C=O) groups excluding carboxylic acids is 2. The van der Waals surface area contributed by atoms with Gasteiger partial charge in [0.1, 0.15) is 11.5 Å². The first-order valence-electron chi connectivity index (χ1n) is 9.31. The summed E-state index contributed by atoms with van der Waals surface area (Å²) in [5, 5.41) is 4.68. The highest BCUT2D eigenvalue weighted by Crippen LogP contribution is 2.31. The summed E-state index contributed by atoms with van der Waals surface area (Å²) >= 11 is 1.60. The number of ether oxygens (including phenoxy) is 3. The fourth-order valence-corrected chi connectivity index (χ4v) is 4.53. The van der Waals surface area contributed by atoms with Gasteiger partial charge >= 0.3 is 5.97 Å². The number of carbonyl (C=O) groups is 2. The molecule has 0 saturated heterocycles. The Kier molecular flexibility index (Phi) is 6.57. The first kappa shape index (κ1) is 20.2. The van der Waals surface area contributed by atoms with Crippen molar-refractivity contribution in [3.8, 4) is 11.5 Å². The predicted octanol–water partition coefficient (Wildman–Crippen LogP) is 3.68. The van der Waals surface area contributed by atoms with Gasteiger partial charge < -0.3 is 19.5 Å². The molecule has 1 aromatic heterocycles. The minimum Gasteiger partial charge on any atom is -0.497 e. The fraction of sp³-hybridized carbons (Fsp3) is 0.429. The van der Waals surface area contributed by atoms with Crippen LogP contribution < -0.4 is 14.8 Å². The number of amides is 1. The lowest BCUT2D eigenvalue weighted by Crippen LogP contribution is -2.31. The van der Waals surface area contributed by atoms with Crippen LogP contribution in [0, 0.1) is 0 Å². The summed E-state index contributed by atoms with van der Waals surface area (Å²) in [6.07, 6.45) is 4.18. The van der Waals surface area contributed by atoms with Gasteiger partial charge in [0.15, 0.2) is 6.61 Å². The van der Waals surface area contributed by atoms with Gasteiger partial charge in [0.25, 0.3) is 5.91 Å². The summed E-state index contributed by atoms with van der Waals surface area (Å²) in [7, 11) is 3.15. The lowest BCUT2D eigenvalue weighted by atomic mass is 9.96. The Bertz CT molecular complexity index is 860. The van der Waals surface area contributed by atoms with Gasteiger partial charge in [0, 0.05) is 15.8 Å². The van der Waals surface area contributed by atoms with E-state index in [0.29, 0.717) is 17.1 Å². The molecule has 28 heavy (non-hydrogen) atoms. The Balaban J connectivity index is 1.58. The molecule has 1 aliphatic carbocycles. The third kappa shape index (κ3) is 4.47. The number of esters is 1. The van der Waals surface area contributed by atoms with E-state index >= 15 is 0 Å². The van der Waals surface area contributed by atoms with Gasteiger partial charge in [-0.25, -0.2) is 4.79 Å². The van der Waals surface area contributed by atoms with Gasteiger partial charge in [0.2, 0.25) is 0 Å². The zero-order valence-corrected chi connectivity index (χ0v) is 17.2. The van der Waals surface area contributed by atoms with E-state index in [4.69, 9.17) is 14.2 Å². The van der Waals surface area contributed by atoms with Crippen molar-refractivity contribution in [1.29, 1.82) is 0 Å². The van der Waals surface area contributed by atoms with Crippen LogP contribution in [0.15, 0.2) is 23.6 Å². The number of aryl methyl sites for hydroxylation is 1. The van der Waals surface area contributed by atoms with E-state index < -0.39 is 5.97 Å². The van der Waals surface area contributed by atoms with Crippen molar-refractivity contribution in [3.63, 3.8) is 0 Å². The Hall–Kier alpha value is -2.54. The number of benzene rings is 1. The Morgan fingerprint density at radius 2 is 1.96 bits per heavy atom. The molecule has 0 aliphatic heterocycles. The largest absolute Gasteiger partial charge is 0.497 e. The van der Waals surface area contributed by atoms with Crippen LogP contribution in [0.25, 0.3) is 0 Å². The fourth-order valence-electron chi connectivity index (χ4n) is 3.41. The molecule has 1 aliphatic rings. The molecule has 0 spiro atoms. The maximum absolute atomic E-state index is 12.4. The number of methoxy groups -OCH3 is 2. The number of hydrogen-bond donors (Lipinski definition) is 1. The van der Waals surface area contributed by atoms with E-state index in [1.54, 1.807) is 37.7 Å². The number of fused-ring (bicyclic) bond motifs is 1. The van der Waals surface area contributed by atoms with Gasteiger partial charge in [0.05, 0.1) is 25.8 Å². The molecule has 3 rings (SSSR count). The molecule has 0 unspecified atom stereocenters. The van der Waals surface area contributed by atoms with E-state index in [1.165, 1.54) is 4.88 Å². The summed E-state index contributed by atoms with van der Waals surface area (Å²) in [4.78, 5) is 25.9. The molecule has 1 N–H and O–H groups in total. The smallest absolute Gasteiger partial charge is 0.339 e. The van der Waals surface area contributed by atoms with Gasteiger partial charge in [-0.2, -0.15) is 0 Å². The van der Waals surface area contributed by atoms with Crippen molar-refractivity contribution in [3.05, 3.63) is 45.1 Å². The second-order valence-electron chi connectivity index (χ2n) is 6.73. The molecular weight excluding hydrogens is 378 g/mol. The lowest BCUT2D eigenvalue weighted by molar-refractivity contribution is -0.124. The quantitative estimate of drug-likeness (QED) is 0.714. The monoisotopic (exact) mass is 403 g/mol. The highest BCUT2D eigenvalue weighted by Gasteiger charge is 2.22. The van der Waals surface area contributed by atoms with Crippen LogP contribution in [0.4, 0.5) is 0 Å². The maximum atomic E-state index is 12.4. The number of thiophene rings is 1. The molecule has 0 fully saturated rings. The van der Waals surface area contributed by atoms with Crippen LogP contribution in [-0.4, -0.2) is 32.7 Å². The van der Waals surface area contributed by atoms with Crippen molar-refractivity contribution in [2.75, 3.05) is 20.8 Å². The molecule has 0 saturated carbocycles. The standard InChI is InChI=1S/C21H25NO5S/c1-13(16-10-14(25-2)8-9-18(16)26-3)22-20(23)11-27-21(24)17-12-28-19-7-5-4-6-15(17)19/h8-10,12-13H,4-7,11H2,1-3H3,(H,22,23)/t13-/m0/s1. The summed E-state index contributed by atoms with van der Waals surface area (Å²) in [5.41, 5.74) is 2.49. The molecule has 1 heterocycles. The van der Waals surface area contributed by atoms with Gasteiger partial charge in [-0.05, 0) is 56.4 Å². The first-order chi connectivity index (χ1) is 13.5. The Morgan fingerprint density at radius 3 is 2.71 bits per heavy atom. The van der Waals surface area contributed by atoms with Crippen LogP contribution >= 0.6 is 11.3 Å². The van der Waals surface area contributed by atoms with Gasteiger partial charge in [-0.15, -0.1) is 11.3 Å².